The van der Waals surface area contributed by atoms with Crippen LogP contribution in [0.1, 0.15) is 17.2 Å². The van der Waals surface area contributed by atoms with E-state index in [9.17, 15) is 4.39 Å². The average Bonchev–Trinajstić information content (AvgIpc) is 2.47. The molecule has 21 heavy (non-hydrogen) atoms. The predicted octanol–water partition coefficient (Wildman–Crippen LogP) is 4.75. The van der Waals surface area contributed by atoms with Gasteiger partial charge in [-0.2, -0.15) is 0 Å². The molecule has 0 aliphatic heterocycles. The molecule has 5 heteroatoms. The topological polar surface area (TPSA) is 21.3 Å². The van der Waals surface area contributed by atoms with Gasteiger partial charge in [-0.1, -0.05) is 39.7 Å². The van der Waals surface area contributed by atoms with Crippen LogP contribution < -0.4 is 10.1 Å². The van der Waals surface area contributed by atoms with E-state index in [0.29, 0.717) is 11.4 Å². The number of methoxy groups -OCH3 is 1. The largest absolute Gasteiger partial charge is 0.494 e. The van der Waals surface area contributed by atoms with Crippen molar-refractivity contribution in [3.63, 3.8) is 0 Å². The summed E-state index contributed by atoms with van der Waals surface area (Å²) < 4.78 is 19.5. The maximum absolute atomic E-state index is 13.5. The van der Waals surface area contributed by atoms with E-state index in [1.54, 1.807) is 12.1 Å². The summed E-state index contributed by atoms with van der Waals surface area (Å²) in [5, 5.41) is 3.94. The van der Waals surface area contributed by atoms with Crippen molar-refractivity contribution in [1.82, 2.24) is 5.32 Å². The van der Waals surface area contributed by atoms with Crippen LogP contribution in [0.15, 0.2) is 40.9 Å². The molecule has 1 atom stereocenters. The van der Waals surface area contributed by atoms with E-state index in [0.717, 1.165) is 15.6 Å². The van der Waals surface area contributed by atoms with Crippen LogP contribution in [0.25, 0.3) is 0 Å². The second-order valence-corrected chi connectivity index (χ2v) is 6.00. The molecule has 0 bridgehead atoms. The highest BCUT2D eigenvalue weighted by Gasteiger charge is 2.14. The molecule has 0 amide bonds. The molecule has 112 valence electrons. The van der Waals surface area contributed by atoms with Crippen LogP contribution in [-0.4, -0.2) is 14.2 Å². The lowest BCUT2D eigenvalue weighted by molar-refractivity contribution is 0.385. The van der Waals surface area contributed by atoms with Gasteiger partial charge in [0.25, 0.3) is 0 Å². The van der Waals surface area contributed by atoms with Crippen LogP contribution in [-0.2, 0) is 6.42 Å². The van der Waals surface area contributed by atoms with Gasteiger partial charge in [0.1, 0.15) is 0 Å². The molecule has 1 N–H and O–H groups in total. The number of nitrogens with one attached hydrogen (secondary N) is 1. The van der Waals surface area contributed by atoms with E-state index in [1.807, 2.05) is 25.2 Å². The Balaban J connectivity index is 2.27. The minimum atomic E-state index is -0.363. The predicted molar refractivity (Wildman–Crippen MR) is 87.6 cm³/mol. The highest BCUT2D eigenvalue weighted by Crippen LogP contribution is 2.28. The second-order valence-electron chi connectivity index (χ2n) is 4.68. The SMILES string of the molecule is CNC(Cc1ccc(Br)cc1Cl)c1ccc(F)c(OC)c1. The van der Waals surface area contributed by atoms with Gasteiger partial charge >= 0.3 is 0 Å². The normalized spacial score (nSPS) is 12.2. The first kappa shape index (κ1) is 16.3. The van der Waals surface area contributed by atoms with E-state index in [-0.39, 0.29) is 17.6 Å². The molecular weight excluding hydrogens is 357 g/mol. The Bertz CT molecular complexity index is 636. The fourth-order valence-corrected chi connectivity index (χ4v) is 2.94. The molecular formula is C16H16BrClFNO. The Labute approximate surface area is 137 Å². The Morgan fingerprint density at radius 2 is 2.05 bits per heavy atom. The summed E-state index contributed by atoms with van der Waals surface area (Å²) in [6.45, 7) is 0. The van der Waals surface area contributed by atoms with Crippen molar-refractivity contribution in [2.24, 2.45) is 0 Å². The minimum absolute atomic E-state index is 0.0261. The van der Waals surface area contributed by atoms with Crippen LogP contribution in [0.2, 0.25) is 5.02 Å². The molecule has 0 saturated carbocycles. The maximum atomic E-state index is 13.5. The molecule has 0 heterocycles. The number of likely N-dealkylation sites (N-methyl/N-ethyl adjacent to an activating group) is 1. The summed E-state index contributed by atoms with van der Waals surface area (Å²) in [6.07, 6.45) is 0.706. The second kappa shape index (κ2) is 7.25. The van der Waals surface area contributed by atoms with Gasteiger partial charge in [0, 0.05) is 15.5 Å². The number of hydrogen-bond donors (Lipinski definition) is 1. The van der Waals surface area contributed by atoms with E-state index < -0.39 is 0 Å². The number of rotatable bonds is 5. The summed E-state index contributed by atoms with van der Waals surface area (Å²) in [6, 6.07) is 10.7. The Morgan fingerprint density at radius 1 is 1.29 bits per heavy atom. The fourth-order valence-electron chi connectivity index (χ4n) is 2.19. The quantitative estimate of drug-likeness (QED) is 0.817. The van der Waals surface area contributed by atoms with Crippen molar-refractivity contribution in [2.45, 2.75) is 12.5 Å². The lowest BCUT2D eigenvalue weighted by Crippen LogP contribution is -2.19. The molecule has 2 nitrogen and oxygen atoms in total. The third kappa shape index (κ3) is 3.96. The zero-order valence-corrected chi connectivity index (χ0v) is 14.1. The number of halogens is 3. The number of hydrogen-bond acceptors (Lipinski definition) is 2. The summed E-state index contributed by atoms with van der Waals surface area (Å²) in [4.78, 5) is 0. The van der Waals surface area contributed by atoms with Crippen molar-refractivity contribution >= 4 is 27.5 Å². The smallest absolute Gasteiger partial charge is 0.165 e. The molecule has 0 radical (unpaired) electrons. The number of benzene rings is 2. The summed E-state index contributed by atoms with van der Waals surface area (Å²) >= 11 is 9.65. The fraction of sp³-hybridized carbons (Fsp3) is 0.250. The zero-order valence-electron chi connectivity index (χ0n) is 11.8. The Hall–Kier alpha value is -1.10. The Morgan fingerprint density at radius 3 is 2.67 bits per heavy atom. The monoisotopic (exact) mass is 371 g/mol. The van der Waals surface area contributed by atoms with Gasteiger partial charge in [-0.25, -0.2) is 4.39 Å². The first-order valence-electron chi connectivity index (χ1n) is 6.49. The first-order valence-corrected chi connectivity index (χ1v) is 7.67. The van der Waals surface area contributed by atoms with Crippen LogP contribution in [0.3, 0.4) is 0 Å². The van der Waals surface area contributed by atoms with Crippen LogP contribution in [0, 0.1) is 5.82 Å². The van der Waals surface area contributed by atoms with E-state index >= 15 is 0 Å². The molecule has 0 saturated heterocycles. The summed E-state index contributed by atoms with van der Waals surface area (Å²) in [7, 11) is 3.33. The van der Waals surface area contributed by atoms with Crippen LogP contribution in [0.4, 0.5) is 4.39 Å². The van der Waals surface area contributed by atoms with Gasteiger partial charge in [0.2, 0.25) is 0 Å². The summed E-state index contributed by atoms with van der Waals surface area (Å²) in [5.41, 5.74) is 1.98. The van der Waals surface area contributed by atoms with E-state index in [2.05, 4.69) is 21.2 Å². The van der Waals surface area contributed by atoms with Crippen molar-refractivity contribution in [1.29, 1.82) is 0 Å². The molecule has 0 spiro atoms. The molecule has 1 unspecified atom stereocenters. The first-order chi connectivity index (χ1) is 10.0. The van der Waals surface area contributed by atoms with Gasteiger partial charge in [0.05, 0.1) is 7.11 Å². The van der Waals surface area contributed by atoms with Crippen molar-refractivity contribution in [3.8, 4) is 5.75 Å². The summed E-state index contributed by atoms with van der Waals surface area (Å²) in [5.74, 6) is -0.118. The van der Waals surface area contributed by atoms with Gasteiger partial charge < -0.3 is 10.1 Å². The highest BCUT2D eigenvalue weighted by atomic mass is 79.9. The lowest BCUT2D eigenvalue weighted by Gasteiger charge is -2.18. The van der Waals surface area contributed by atoms with Crippen molar-refractivity contribution in [2.75, 3.05) is 14.2 Å². The Kier molecular flexibility index (Phi) is 5.62. The minimum Gasteiger partial charge on any atom is -0.494 e. The third-order valence-corrected chi connectivity index (χ3v) is 4.21. The standard InChI is InChI=1S/C16H16BrClFNO/c1-20-15(7-10-3-5-12(17)9-13(10)18)11-4-6-14(19)16(8-11)21-2/h3-6,8-9,15,20H,7H2,1-2H3. The zero-order chi connectivity index (χ0) is 15.4. The molecule has 0 fully saturated rings. The van der Waals surface area contributed by atoms with Crippen molar-refractivity contribution < 1.29 is 9.13 Å². The van der Waals surface area contributed by atoms with Gasteiger partial charge in [-0.15, -0.1) is 0 Å². The van der Waals surface area contributed by atoms with Gasteiger partial charge in [-0.3, -0.25) is 0 Å². The molecule has 0 aliphatic carbocycles. The highest BCUT2D eigenvalue weighted by molar-refractivity contribution is 9.10. The van der Waals surface area contributed by atoms with E-state index in [4.69, 9.17) is 16.3 Å². The van der Waals surface area contributed by atoms with Crippen LogP contribution in [0.5, 0.6) is 5.75 Å². The lowest BCUT2D eigenvalue weighted by atomic mass is 9.98. The third-order valence-electron chi connectivity index (χ3n) is 3.37. The molecule has 2 aromatic carbocycles. The van der Waals surface area contributed by atoms with Crippen molar-refractivity contribution in [3.05, 3.63) is 62.8 Å². The maximum Gasteiger partial charge on any atom is 0.165 e. The molecule has 2 rings (SSSR count). The van der Waals surface area contributed by atoms with Crippen LogP contribution >= 0.6 is 27.5 Å². The molecule has 0 aliphatic rings. The van der Waals surface area contributed by atoms with E-state index in [1.165, 1.54) is 13.2 Å². The van der Waals surface area contributed by atoms with Gasteiger partial charge in [0.15, 0.2) is 11.6 Å². The average molecular weight is 373 g/mol. The number of ether oxygens (including phenoxy) is 1. The molecule has 2 aromatic rings. The molecule has 0 aromatic heterocycles. The van der Waals surface area contributed by atoms with Gasteiger partial charge in [-0.05, 0) is 48.9 Å².